The Hall–Kier alpha value is -0.950. The molecule has 0 aromatic carbocycles. The number of carboxylic acids is 1. The summed E-state index contributed by atoms with van der Waals surface area (Å²) >= 11 is 0. The van der Waals surface area contributed by atoms with Crippen LogP contribution in [0.5, 0.6) is 0 Å². The van der Waals surface area contributed by atoms with Crippen LogP contribution in [0.25, 0.3) is 0 Å². The van der Waals surface area contributed by atoms with Gasteiger partial charge >= 0.3 is 12.1 Å². The van der Waals surface area contributed by atoms with Crippen LogP contribution in [0.15, 0.2) is 0 Å². The second-order valence-corrected chi connectivity index (χ2v) is 9.64. The van der Waals surface area contributed by atoms with E-state index in [0.29, 0.717) is 12.6 Å². The van der Waals surface area contributed by atoms with Crippen molar-refractivity contribution in [2.24, 2.45) is 0 Å². The molecule has 3 aliphatic rings. The van der Waals surface area contributed by atoms with Crippen LogP contribution in [0.1, 0.15) is 38.5 Å². The predicted molar refractivity (Wildman–Crippen MR) is 98.0 cm³/mol. The number of sulfonamides is 1. The number of halogens is 3. The van der Waals surface area contributed by atoms with Gasteiger partial charge in [0.25, 0.3) is 0 Å². The minimum Gasteiger partial charge on any atom is -0.475 e. The van der Waals surface area contributed by atoms with Crippen molar-refractivity contribution in [2.75, 3.05) is 39.1 Å². The molecule has 8 nitrogen and oxygen atoms in total. The topological polar surface area (TPSA) is 105 Å². The first-order valence-corrected chi connectivity index (χ1v) is 11.5. The lowest BCUT2D eigenvalue weighted by Crippen LogP contribution is -2.48. The Bertz CT molecular complexity index is 654. The normalized spacial score (nSPS) is 29.4. The molecule has 0 radical (unpaired) electrons. The minimum absolute atomic E-state index is 0.0121. The second-order valence-electron chi connectivity index (χ2n) is 7.80. The minimum atomic E-state index is -5.08. The molecule has 0 aromatic heterocycles. The van der Waals surface area contributed by atoms with Crippen molar-refractivity contribution in [1.29, 1.82) is 0 Å². The molecule has 29 heavy (non-hydrogen) atoms. The maximum absolute atomic E-state index is 11.3. The number of nitrogens with zero attached hydrogens (tertiary/aromatic N) is 1. The number of carbonyl (C=O) groups is 1. The second kappa shape index (κ2) is 9.90. The van der Waals surface area contributed by atoms with E-state index in [1.165, 1.54) is 6.26 Å². The van der Waals surface area contributed by atoms with Gasteiger partial charge in [-0.25, -0.2) is 17.9 Å². The molecule has 0 aromatic rings. The van der Waals surface area contributed by atoms with E-state index in [9.17, 15) is 21.6 Å². The summed E-state index contributed by atoms with van der Waals surface area (Å²) in [6, 6.07) is 0.631. The van der Waals surface area contributed by atoms with Gasteiger partial charge in [-0.3, -0.25) is 4.90 Å². The highest BCUT2D eigenvalue weighted by Crippen LogP contribution is 2.38. The van der Waals surface area contributed by atoms with E-state index in [1.807, 2.05) is 0 Å². The molecule has 1 spiro atoms. The Labute approximate surface area is 168 Å². The third-order valence-corrected chi connectivity index (χ3v) is 6.13. The van der Waals surface area contributed by atoms with Gasteiger partial charge in [-0.05, 0) is 38.5 Å². The van der Waals surface area contributed by atoms with Crippen LogP contribution in [0.4, 0.5) is 13.2 Å². The largest absolute Gasteiger partial charge is 0.490 e. The molecule has 0 unspecified atom stereocenters. The third kappa shape index (κ3) is 8.00. The first-order valence-electron chi connectivity index (χ1n) is 9.65. The van der Waals surface area contributed by atoms with Gasteiger partial charge in [0, 0.05) is 38.9 Å². The van der Waals surface area contributed by atoms with E-state index >= 15 is 0 Å². The van der Waals surface area contributed by atoms with Gasteiger partial charge in [-0.15, -0.1) is 0 Å². The summed E-state index contributed by atoms with van der Waals surface area (Å²) in [4.78, 5) is 11.5. The molecular weight excluding hydrogens is 417 g/mol. The van der Waals surface area contributed by atoms with Crippen LogP contribution in [0.2, 0.25) is 0 Å². The highest BCUT2D eigenvalue weighted by molar-refractivity contribution is 7.88. The molecule has 170 valence electrons. The fraction of sp³-hybridized carbons (Fsp3) is 0.941. The average molecular weight is 446 g/mol. The molecule has 3 aliphatic heterocycles. The molecule has 12 heteroatoms. The molecular formula is C17H29F3N2O6S. The molecule has 0 saturated carbocycles. The molecule has 0 aliphatic carbocycles. The van der Waals surface area contributed by atoms with Crippen molar-refractivity contribution in [3.63, 3.8) is 0 Å². The van der Waals surface area contributed by atoms with Gasteiger partial charge in [0.15, 0.2) is 0 Å². The van der Waals surface area contributed by atoms with Crippen molar-refractivity contribution in [2.45, 2.75) is 62.4 Å². The predicted octanol–water partition coefficient (Wildman–Crippen LogP) is 1.36. The van der Waals surface area contributed by atoms with Crippen LogP contribution in [0.3, 0.4) is 0 Å². The summed E-state index contributed by atoms with van der Waals surface area (Å²) < 4.78 is 68.6. The van der Waals surface area contributed by atoms with E-state index in [2.05, 4.69) is 9.62 Å². The molecule has 2 N–H and O–H groups in total. The molecule has 3 rings (SSSR count). The summed E-state index contributed by atoms with van der Waals surface area (Å²) in [6.45, 7) is 4.23. The van der Waals surface area contributed by atoms with E-state index in [1.54, 1.807) is 0 Å². The Kier molecular flexibility index (Phi) is 8.31. The molecule has 2 atom stereocenters. The smallest absolute Gasteiger partial charge is 0.475 e. The van der Waals surface area contributed by atoms with Crippen molar-refractivity contribution in [3.8, 4) is 0 Å². The number of hydrogen-bond donors (Lipinski definition) is 2. The highest BCUT2D eigenvalue weighted by atomic mass is 32.2. The van der Waals surface area contributed by atoms with Crippen LogP contribution < -0.4 is 4.72 Å². The standard InChI is InChI=1S/C15H28N2O4S.C2HF3O2/c1-22(18,19)16-11-14-3-2-6-15(21-14)7-8-17(12-15)13-4-9-20-10-5-13;3-2(4,5)1(6)7/h13-14,16H,2-12H2,1H3;(H,6,7)/t14-,15-;/m1./s1. The Morgan fingerprint density at radius 1 is 1.24 bits per heavy atom. The van der Waals surface area contributed by atoms with Crippen molar-refractivity contribution < 1.29 is 41.0 Å². The maximum Gasteiger partial charge on any atom is 0.490 e. The number of aliphatic carboxylic acids is 1. The number of hydrogen-bond acceptors (Lipinski definition) is 6. The molecule has 3 heterocycles. The SMILES string of the molecule is CS(=O)(=O)NC[C@H]1CCC[C@]2(CCN(C3CCOCC3)C2)O1.O=C(O)C(F)(F)F. The number of carboxylic acid groups (broad SMARTS) is 1. The van der Waals surface area contributed by atoms with Gasteiger partial charge in [0.1, 0.15) is 0 Å². The molecule has 3 fully saturated rings. The van der Waals surface area contributed by atoms with E-state index < -0.39 is 22.2 Å². The van der Waals surface area contributed by atoms with E-state index in [-0.39, 0.29) is 11.7 Å². The highest BCUT2D eigenvalue weighted by Gasteiger charge is 2.44. The quantitative estimate of drug-likeness (QED) is 0.672. The fourth-order valence-corrected chi connectivity index (χ4v) is 4.54. The Balaban J connectivity index is 0.000000370. The zero-order valence-electron chi connectivity index (χ0n) is 16.4. The lowest BCUT2D eigenvalue weighted by atomic mass is 9.90. The zero-order valence-corrected chi connectivity index (χ0v) is 17.2. The number of nitrogens with one attached hydrogen (secondary N) is 1. The van der Waals surface area contributed by atoms with Crippen molar-refractivity contribution in [3.05, 3.63) is 0 Å². The maximum atomic E-state index is 11.3. The summed E-state index contributed by atoms with van der Waals surface area (Å²) in [7, 11) is -3.14. The van der Waals surface area contributed by atoms with Gasteiger partial charge in [0.05, 0.1) is 18.0 Å². The number of ether oxygens (including phenoxy) is 2. The van der Waals surface area contributed by atoms with Gasteiger partial charge in [-0.1, -0.05) is 0 Å². The van der Waals surface area contributed by atoms with E-state index in [4.69, 9.17) is 19.4 Å². The van der Waals surface area contributed by atoms with Crippen LogP contribution in [-0.4, -0.2) is 87.4 Å². The summed E-state index contributed by atoms with van der Waals surface area (Å²) in [5.74, 6) is -2.76. The van der Waals surface area contributed by atoms with Crippen LogP contribution in [0, 0.1) is 0 Å². The molecule has 0 bridgehead atoms. The summed E-state index contributed by atoms with van der Waals surface area (Å²) in [5.41, 5.74) is -0.0552. The van der Waals surface area contributed by atoms with Gasteiger partial charge in [0.2, 0.25) is 10.0 Å². The monoisotopic (exact) mass is 446 g/mol. The summed E-state index contributed by atoms with van der Waals surface area (Å²) in [6.07, 6.45) is 2.61. The first kappa shape index (κ1) is 24.3. The average Bonchev–Trinajstić information content (AvgIpc) is 3.03. The number of rotatable bonds is 4. The Morgan fingerprint density at radius 3 is 2.41 bits per heavy atom. The number of likely N-dealkylation sites (tertiary alicyclic amines) is 1. The summed E-state index contributed by atoms with van der Waals surface area (Å²) in [5, 5.41) is 7.12. The van der Waals surface area contributed by atoms with Gasteiger partial charge < -0.3 is 14.6 Å². The lowest BCUT2D eigenvalue weighted by Gasteiger charge is -2.40. The van der Waals surface area contributed by atoms with E-state index in [0.717, 1.165) is 64.8 Å². The molecule has 3 saturated heterocycles. The third-order valence-electron chi connectivity index (χ3n) is 5.44. The first-order chi connectivity index (χ1) is 13.4. The fourth-order valence-electron chi connectivity index (χ4n) is 4.05. The zero-order chi connectivity index (χ0) is 21.7. The van der Waals surface area contributed by atoms with Crippen LogP contribution >= 0.6 is 0 Å². The molecule has 0 amide bonds. The Morgan fingerprint density at radius 2 is 1.86 bits per heavy atom. The van der Waals surface area contributed by atoms with Crippen molar-refractivity contribution in [1.82, 2.24) is 9.62 Å². The van der Waals surface area contributed by atoms with Crippen LogP contribution in [-0.2, 0) is 24.3 Å². The van der Waals surface area contributed by atoms with Gasteiger partial charge in [-0.2, -0.15) is 13.2 Å². The lowest BCUT2D eigenvalue weighted by molar-refractivity contribution is -0.192. The van der Waals surface area contributed by atoms with Crippen molar-refractivity contribution >= 4 is 16.0 Å². The number of alkyl halides is 3.